The number of hydrogen-bond acceptors (Lipinski definition) is 3. The van der Waals surface area contributed by atoms with E-state index in [1.165, 1.54) is 0 Å². The van der Waals surface area contributed by atoms with E-state index in [1.807, 2.05) is 13.8 Å². The number of carbonyl (C=O) groups is 1. The van der Waals surface area contributed by atoms with Crippen molar-refractivity contribution in [3.05, 3.63) is 23.2 Å². The summed E-state index contributed by atoms with van der Waals surface area (Å²) in [6.45, 7) is 7.52. The fraction of sp³-hybridized carbons (Fsp3) is 0.583. The van der Waals surface area contributed by atoms with Gasteiger partial charge in [0, 0.05) is 6.54 Å². The molecule has 1 aromatic heterocycles. The van der Waals surface area contributed by atoms with Gasteiger partial charge >= 0.3 is 0 Å². The molecule has 1 atom stereocenters. The zero-order chi connectivity index (χ0) is 11.8. The molecule has 0 saturated carbocycles. The van der Waals surface area contributed by atoms with Crippen molar-refractivity contribution in [1.82, 2.24) is 10.6 Å². The minimum Gasteiger partial charge on any atom is -0.466 e. The lowest BCUT2D eigenvalue weighted by Gasteiger charge is -2.24. The van der Waals surface area contributed by atoms with Crippen LogP contribution in [-0.4, -0.2) is 24.5 Å². The third kappa shape index (κ3) is 2.11. The van der Waals surface area contributed by atoms with E-state index in [0.29, 0.717) is 11.3 Å². The van der Waals surface area contributed by atoms with Crippen molar-refractivity contribution >= 4 is 5.91 Å². The fourth-order valence-corrected chi connectivity index (χ4v) is 2.12. The van der Waals surface area contributed by atoms with Crippen LogP contribution in [0, 0.1) is 13.8 Å². The SMILES string of the molecule is Cc1cc(C(=O)NC2(C)CCNC2)c(C)o1. The van der Waals surface area contributed by atoms with Crippen LogP contribution in [-0.2, 0) is 0 Å². The van der Waals surface area contributed by atoms with Gasteiger partial charge in [0.05, 0.1) is 11.1 Å². The number of amides is 1. The van der Waals surface area contributed by atoms with Gasteiger partial charge in [0.25, 0.3) is 5.91 Å². The molecule has 1 amide bonds. The van der Waals surface area contributed by atoms with Gasteiger partial charge in [-0.15, -0.1) is 0 Å². The maximum absolute atomic E-state index is 12.0. The fourth-order valence-electron chi connectivity index (χ4n) is 2.12. The van der Waals surface area contributed by atoms with Crippen LogP contribution in [0.1, 0.15) is 35.2 Å². The van der Waals surface area contributed by atoms with E-state index in [9.17, 15) is 4.79 Å². The number of nitrogens with one attached hydrogen (secondary N) is 2. The van der Waals surface area contributed by atoms with Crippen LogP contribution in [0.5, 0.6) is 0 Å². The first-order valence-electron chi connectivity index (χ1n) is 5.60. The van der Waals surface area contributed by atoms with E-state index in [0.717, 1.165) is 25.3 Å². The summed E-state index contributed by atoms with van der Waals surface area (Å²) in [5.74, 6) is 1.42. The highest BCUT2D eigenvalue weighted by Gasteiger charge is 2.31. The predicted octanol–water partition coefficient (Wildman–Crippen LogP) is 1.38. The van der Waals surface area contributed by atoms with Crippen LogP contribution in [0.15, 0.2) is 10.5 Å². The molecule has 0 spiro atoms. The number of hydrogen-bond donors (Lipinski definition) is 2. The second-order valence-corrected chi connectivity index (χ2v) is 4.77. The smallest absolute Gasteiger partial charge is 0.255 e. The molecule has 1 aliphatic rings. The highest BCUT2D eigenvalue weighted by Crippen LogP contribution is 2.17. The van der Waals surface area contributed by atoms with Crippen molar-refractivity contribution < 1.29 is 9.21 Å². The van der Waals surface area contributed by atoms with E-state index >= 15 is 0 Å². The van der Waals surface area contributed by atoms with Gasteiger partial charge in [0.15, 0.2) is 0 Å². The van der Waals surface area contributed by atoms with Gasteiger partial charge in [-0.3, -0.25) is 4.79 Å². The van der Waals surface area contributed by atoms with Crippen molar-refractivity contribution in [3.63, 3.8) is 0 Å². The van der Waals surface area contributed by atoms with Crippen LogP contribution in [0.25, 0.3) is 0 Å². The summed E-state index contributed by atoms with van der Waals surface area (Å²) >= 11 is 0. The Balaban J connectivity index is 2.11. The van der Waals surface area contributed by atoms with Crippen LogP contribution >= 0.6 is 0 Å². The normalized spacial score (nSPS) is 24.7. The first kappa shape index (κ1) is 11.2. The van der Waals surface area contributed by atoms with E-state index < -0.39 is 0 Å². The Kier molecular flexibility index (Phi) is 2.76. The summed E-state index contributed by atoms with van der Waals surface area (Å²) in [5.41, 5.74) is 0.514. The van der Waals surface area contributed by atoms with Gasteiger partial charge < -0.3 is 15.1 Å². The molecule has 88 valence electrons. The largest absolute Gasteiger partial charge is 0.466 e. The van der Waals surface area contributed by atoms with Crippen molar-refractivity contribution in [1.29, 1.82) is 0 Å². The van der Waals surface area contributed by atoms with Gasteiger partial charge in [-0.05, 0) is 39.8 Å². The lowest BCUT2D eigenvalue weighted by molar-refractivity contribution is 0.0911. The lowest BCUT2D eigenvalue weighted by Crippen LogP contribution is -2.47. The first-order valence-corrected chi connectivity index (χ1v) is 5.60. The third-order valence-electron chi connectivity index (χ3n) is 3.07. The van der Waals surface area contributed by atoms with Crippen LogP contribution < -0.4 is 10.6 Å². The number of furan rings is 1. The Morgan fingerprint density at radius 3 is 2.81 bits per heavy atom. The third-order valence-corrected chi connectivity index (χ3v) is 3.07. The molecule has 1 unspecified atom stereocenters. The summed E-state index contributed by atoms with van der Waals surface area (Å²) in [5, 5.41) is 6.32. The van der Waals surface area contributed by atoms with E-state index in [4.69, 9.17) is 4.42 Å². The molecule has 0 radical (unpaired) electrons. The summed E-state index contributed by atoms with van der Waals surface area (Å²) in [7, 11) is 0. The molecule has 16 heavy (non-hydrogen) atoms. The van der Waals surface area contributed by atoms with Crippen molar-refractivity contribution in [2.45, 2.75) is 32.7 Å². The minimum absolute atomic E-state index is 0.0412. The van der Waals surface area contributed by atoms with Crippen LogP contribution in [0.2, 0.25) is 0 Å². The summed E-state index contributed by atoms with van der Waals surface area (Å²) in [6, 6.07) is 1.79. The summed E-state index contributed by atoms with van der Waals surface area (Å²) < 4.78 is 5.36. The Bertz CT molecular complexity index is 403. The summed E-state index contributed by atoms with van der Waals surface area (Å²) in [4.78, 5) is 12.0. The molecule has 1 fully saturated rings. The molecular formula is C12H18N2O2. The van der Waals surface area contributed by atoms with Crippen molar-refractivity contribution in [2.75, 3.05) is 13.1 Å². The molecule has 2 N–H and O–H groups in total. The van der Waals surface area contributed by atoms with Gasteiger partial charge in [-0.1, -0.05) is 0 Å². The Morgan fingerprint density at radius 2 is 2.31 bits per heavy atom. The van der Waals surface area contributed by atoms with E-state index in [2.05, 4.69) is 17.6 Å². The van der Waals surface area contributed by atoms with E-state index in [1.54, 1.807) is 6.07 Å². The molecule has 0 aromatic carbocycles. The maximum Gasteiger partial charge on any atom is 0.255 e. The molecular weight excluding hydrogens is 204 g/mol. The van der Waals surface area contributed by atoms with Crippen molar-refractivity contribution in [3.8, 4) is 0 Å². The van der Waals surface area contributed by atoms with Gasteiger partial charge in [-0.2, -0.15) is 0 Å². The van der Waals surface area contributed by atoms with Crippen molar-refractivity contribution in [2.24, 2.45) is 0 Å². The topological polar surface area (TPSA) is 54.3 Å². The lowest BCUT2D eigenvalue weighted by atomic mass is 10.0. The zero-order valence-corrected chi connectivity index (χ0v) is 10.0. The quantitative estimate of drug-likeness (QED) is 0.794. The molecule has 1 aromatic rings. The molecule has 2 heterocycles. The molecule has 4 nitrogen and oxygen atoms in total. The second kappa shape index (κ2) is 3.94. The molecule has 0 bridgehead atoms. The minimum atomic E-state index is -0.130. The number of rotatable bonds is 2. The molecule has 2 rings (SSSR count). The molecule has 1 saturated heterocycles. The maximum atomic E-state index is 12.0. The number of aryl methyl sites for hydroxylation is 2. The highest BCUT2D eigenvalue weighted by atomic mass is 16.3. The standard InChI is InChI=1S/C12H18N2O2/c1-8-6-10(9(2)16-8)11(15)14-12(3)4-5-13-7-12/h6,13H,4-5,7H2,1-3H3,(H,14,15). The zero-order valence-electron chi connectivity index (χ0n) is 10.0. The monoisotopic (exact) mass is 222 g/mol. The Morgan fingerprint density at radius 1 is 1.56 bits per heavy atom. The first-order chi connectivity index (χ1) is 7.50. The average Bonchev–Trinajstić information content (AvgIpc) is 2.73. The van der Waals surface area contributed by atoms with Crippen LogP contribution in [0.4, 0.5) is 0 Å². The molecule has 1 aliphatic heterocycles. The number of carbonyl (C=O) groups excluding carboxylic acids is 1. The molecule has 0 aliphatic carbocycles. The predicted molar refractivity (Wildman–Crippen MR) is 61.5 cm³/mol. The summed E-state index contributed by atoms with van der Waals surface area (Å²) in [6.07, 6.45) is 0.967. The Hall–Kier alpha value is -1.29. The van der Waals surface area contributed by atoms with Gasteiger partial charge in [0.1, 0.15) is 11.5 Å². The van der Waals surface area contributed by atoms with Crippen LogP contribution in [0.3, 0.4) is 0 Å². The second-order valence-electron chi connectivity index (χ2n) is 4.77. The van der Waals surface area contributed by atoms with Gasteiger partial charge in [0.2, 0.25) is 0 Å². The van der Waals surface area contributed by atoms with E-state index in [-0.39, 0.29) is 11.4 Å². The van der Waals surface area contributed by atoms with Gasteiger partial charge in [-0.25, -0.2) is 0 Å². The molecule has 4 heteroatoms. The average molecular weight is 222 g/mol. The Labute approximate surface area is 95.4 Å². The highest BCUT2D eigenvalue weighted by molar-refractivity contribution is 5.95.